The Labute approximate surface area is 142 Å². The van der Waals surface area contributed by atoms with Crippen molar-refractivity contribution in [3.05, 3.63) is 34.9 Å². The molecule has 0 atom stereocenters. The first-order chi connectivity index (χ1) is 10.5. The van der Waals surface area contributed by atoms with Gasteiger partial charge in [0.25, 0.3) is 0 Å². The smallest absolute Gasteiger partial charge is 0.291 e. The third-order valence-electron chi connectivity index (χ3n) is 2.54. The molecule has 0 fully saturated rings. The van der Waals surface area contributed by atoms with Crippen LogP contribution in [0.15, 0.2) is 29.0 Å². The van der Waals surface area contributed by atoms with E-state index in [1.165, 1.54) is 11.8 Å². The van der Waals surface area contributed by atoms with Crippen molar-refractivity contribution < 1.29 is 13.6 Å². The molecule has 0 saturated heterocycles. The van der Waals surface area contributed by atoms with Crippen LogP contribution in [0.1, 0.15) is 39.2 Å². The van der Waals surface area contributed by atoms with Crippen molar-refractivity contribution >= 4 is 36.2 Å². The second-order valence-corrected chi connectivity index (χ2v) is 7.93. The SMILES string of the molecule is CCCOP(=O)(/N=C(\C)SCc1ccc(Cl)cc1)OCCC. The molecule has 1 aromatic rings. The topological polar surface area (TPSA) is 47.9 Å². The maximum absolute atomic E-state index is 12.5. The molecular formula is C15H23ClNO3PS. The van der Waals surface area contributed by atoms with Gasteiger partial charge in [-0.1, -0.05) is 37.6 Å². The Balaban J connectivity index is 2.64. The summed E-state index contributed by atoms with van der Waals surface area (Å²) in [6.07, 6.45) is 1.54. The average Bonchev–Trinajstić information content (AvgIpc) is 2.50. The summed E-state index contributed by atoms with van der Waals surface area (Å²) in [4.78, 5) is 0. The molecule has 0 heterocycles. The predicted octanol–water partition coefficient (Wildman–Crippen LogP) is 5.95. The molecule has 0 unspecified atom stereocenters. The molecule has 22 heavy (non-hydrogen) atoms. The number of benzene rings is 1. The minimum absolute atomic E-state index is 0.375. The molecule has 0 saturated carbocycles. The third kappa shape index (κ3) is 7.80. The fourth-order valence-electron chi connectivity index (χ4n) is 1.48. The van der Waals surface area contributed by atoms with E-state index in [1.54, 1.807) is 0 Å². The molecule has 0 aliphatic carbocycles. The lowest BCUT2D eigenvalue weighted by molar-refractivity contribution is 0.205. The number of rotatable bonds is 9. The van der Waals surface area contributed by atoms with E-state index in [0.717, 1.165) is 24.2 Å². The second kappa shape index (κ2) is 10.5. The van der Waals surface area contributed by atoms with Crippen molar-refractivity contribution in [1.29, 1.82) is 0 Å². The summed E-state index contributed by atoms with van der Waals surface area (Å²) in [6.45, 7) is 6.48. The van der Waals surface area contributed by atoms with Crippen molar-refractivity contribution in [2.24, 2.45) is 4.76 Å². The van der Waals surface area contributed by atoms with Crippen molar-refractivity contribution in [1.82, 2.24) is 0 Å². The standard InChI is InChI=1S/C15H23ClNO3PS/c1-4-10-19-21(18,20-11-5-2)17-13(3)22-12-14-6-8-15(16)9-7-14/h6-9H,4-5,10-12H2,1-3H3/b17-13+. The van der Waals surface area contributed by atoms with E-state index < -0.39 is 7.75 Å². The molecule has 0 radical (unpaired) electrons. The molecule has 0 N–H and O–H groups in total. The van der Waals surface area contributed by atoms with Gasteiger partial charge in [0.15, 0.2) is 0 Å². The van der Waals surface area contributed by atoms with Gasteiger partial charge in [0.1, 0.15) is 0 Å². The minimum atomic E-state index is -3.39. The quantitative estimate of drug-likeness (QED) is 0.309. The average molecular weight is 364 g/mol. The molecule has 0 amide bonds. The lowest BCUT2D eigenvalue weighted by Gasteiger charge is -2.14. The number of nitrogens with zero attached hydrogens (tertiary/aromatic N) is 1. The molecule has 0 aromatic heterocycles. The molecule has 0 aliphatic heterocycles. The summed E-state index contributed by atoms with van der Waals surface area (Å²) >= 11 is 7.36. The van der Waals surface area contributed by atoms with E-state index in [0.29, 0.717) is 23.3 Å². The van der Waals surface area contributed by atoms with Crippen LogP contribution in [0.4, 0.5) is 0 Å². The van der Waals surface area contributed by atoms with Gasteiger partial charge in [0.2, 0.25) is 0 Å². The fraction of sp³-hybridized carbons (Fsp3) is 0.533. The Morgan fingerprint density at radius 2 is 1.73 bits per heavy atom. The van der Waals surface area contributed by atoms with E-state index in [9.17, 15) is 4.57 Å². The van der Waals surface area contributed by atoms with Gasteiger partial charge in [-0.2, -0.15) is 4.76 Å². The van der Waals surface area contributed by atoms with Gasteiger partial charge in [-0.15, -0.1) is 11.8 Å². The van der Waals surface area contributed by atoms with Crippen LogP contribution in [0.5, 0.6) is 0 Å². The van der Waals surface area contributed by atoms with E-state index in [1.807, 2.05) is 45.0 Å². The summed E-state index contributed by atoms with van der Waals surface area (Å²) in [5.74, 6) is 0.730. The Morgan fingerprint density at radius 1 is 1.18 bits per heavy atom. The molecule has 124 valence electrons. The second-order valence-electron chi connectivity index (χ2n) is 4.67. The Hall–Kier alpha value is -0.320. The summed E-state index contributed by atoms with van der Waals surface area (Å²) < 4.78 is 27.4. The maximum atomic E-state index is 12.5. The van der Waals surface area contributed by atoms with E-state index in [2.05, 4.69) is 4.76 Å². The van der Waals surface area contributed by atoms with Gasteiger partial charge in [-0.25, -0.2) is 4.57 Å². The van der Waals surface area contributed by atoms with Gasteiger partial charge in [0, 0.05) is 10.8 Å². The predicted molar refractivity (Wildman–Crippen MR) is 95.9 cm³/mol. The van der Waals surface area contributed by atoms with Crippen LogP contribution < -0.4 is 0 Å². The van der Waals surface area contributed by atoms with Crippen LogP contribution in [0, 0.1) is 0 Å². The van der Waals surface area contributed by atoms with Crippen molar-refractivity contribution in [3.63, 3.8) is 0 Å². The van der Waals surface area contributed by atoms with E-state index in [-0.39, 0.29) is 0 Å². The Bertz CT molecular complexity index is 510. The molecule has 1 aromatic carbocycles. The van der Waals surface area contributed by atoms with Crippen molar-refractivity contribution in [2.75, 3.05) is 13.2 Å². The molecule has 7 heteroatoms. The van der Waals surface area contributed by atoms with Gasteiger partial charge in [0.05, 0.1) is 18.3 Å². The Kier molecular flexibility index (Phi) is 9.37. The highest BCUT2D eigenvalue weighted by Crippen LogP contribution is 2.50. The molecule has 0 aliphatic rings. The first-order valence-corrected chi connectivity index (χ1v) is 10.2. The zero-order valence-electron chi connectivity index (χ0n) is 13.3. The fourth-order valence-corrected chi connectivity index (χ4v) is 4.06. The summed E-state index contributed by atoms with van der Waals surface area (Å²) in [6, 6.07) is 7.62. The first-order valence-electron chi connectivity index (χ1n) is 7.32. The zero-order chi connectivity index (χ0) is 16.4. The van der Waals surface area contributed by atoms with Gasteiger partial charge in [-0.05, 0) is 37.5 Å². The van der Waals surface area contributed by atoms with Crippen LogP contribution in [0.2, 0.25) is 5.02 Å². The minimum Gasteiger partial charge on any atom is -0.291 e. The van der Waals surface area contributed by atoms with E-state index >= 15 is 0 Å². The largest absolute Gasteiger partial charge is 0.454 e. The third-order valence-corrected chi connectivity index (χ3v) is 5.48. The number of hydrogen-bond acceptors (Lipinski definition) is 4. The van der Waals surface area contributed by atoms with Crippen molar-refractivity contribution in [3.8, 4) is 0 Å². The number of halogens is 1. The van der Waals surface area contributed by atoms with Crippen LogP contribution in [-0.4, -0.2) is 18.3 Å². The highest BCUT2D eigenvalue weighted by atomic mass is 35.5. The first kappa shape index (κ1) is 19.7. The van der Waals surface area contributed by atoms with Gasteiger partial charge in [-0.3, -0.25) is 9.05 Å². The highest BCUT2D eigenvalue weighted by molar-refractivity contribution is 8.13. The van der Waals surface area contributed by atoms with Crippen molar-refractivity contribution in [2.45, 2.75) is 39.4 Å². The van der Waals surface area contributed by atoms with Crippen LogP contribution in [0.25, 0.3) is 0 Å². The lowest BCUT2D eigenvalue weighted by atomic mass is 10.2. The monoisotopic (exact) mass is 363 g/mol. The number of hydrogen-bond donors (Lipinski definition) is 0. The maximum Gasteiger partial charge on any atom is 0.454 e. The Morgan fingerprint density at radius 3 is 2.23 bits per heavy atom. The number of thioether (sulfide) groups is 1. The van der Waals surface area contributed by atoms with Crippen LogP contribution >= 0.6 is 31.1 Å². The summed E-state index contributed by atoms with van der Waals surface area (Å²) in [5.41, 5.74) is 1.13. The molecule has 1 rings (SSSR count). The van der Waals surface area contributed by atoms with Crippen LogP contribution in [-0.2, 0) is 19.4 Å². The van der Waals surface area contributed by atoms with Gasteiger partial charge >= 0.3 is 7.75 Å². The summed E-state index contributed by atoms with van der Waals surface area (Å²) in [7, 11) is -3.39. The van der Waals surface area contributed by atoms with Crippen LogP contribution in [0.3, 0.4) is 0 Å². The molecule has 0 bridgehead atoms. The van der Waals surface area contributed by atoms with E-state index in [4.69, 9.17) is 20.6 Å². The van der Waals surface area contributed by atoms with Gasteiger partial charge < -0.3 is 0 Å². The zero-order valence-corrected chi connectivity index (χ0v) is 15.7. The molecule has 4 nitrogen and oxygen atoms in total. The highest BCUT2D eigenvalue weighted by Gasteiger charge is 2.23. The normalized spacial score (nSPS) is 12.6. The molecular weight excluding hydrogens is 341 g/mol. The molecule has 0 spiro atoms. The lowest BCUT2D eigenvalue weighted by Crippen LogP contribution is -1.98. The summed E-state index contributed by atoms with van der Waals surface area (Å²) in [5, 5.41) is 1.40.